The van der Waals surface area contributed by atoms with E-state index in [1.165, 1.54) is 0 Å². The first kappa shape index (κ1) is 17.8. The number of carbonyl (C=O) groups excluding carboxylic acids is 1. The number of nitrogens with one attached hydrogen (secondary N) is 1. The average molecular weight is 333 g/mol. The monoisotopic (exact) mass is 333 g/mol. The van der Waals surface area contributed by atoms with Gasteiger partial charge in [0.1, 0.15) is 5.76 Å². The first-order valence-corrected chi connectivity index (χ1v) is 7.72. The molecule has 7 heteroatoms. The van der Waals surface area contributed by atoms with Gasteiger partial charge in [-0.25, -0.2) is 0 Å². The number of carbonyl (C=O) groups is 1. The minimum Gasteiger partial charge on any atom is -0.493 e. The molecule has 0 atom stereocenters. The van der Waals surface area contributed by atoms with Crippen LogP contribution in [0.5, 0.6) is 11.5 Å². The van der Waals surface area contributed by atoms with Crippen molar-refractivity contribution in [3.8, 4) is 11.5 Å². The SMILES string of the molecule is CCN(CC(=O)Nc1cc(C)on1)Cc1ccc(OC)c(OC)c1. The zero-order chi connectivity index (χ0) is 17.5. The normalized spacial score (nSPS) is 10.7. The third-order valence-corrected chi connectivity index (χ3v) is 3.56. The molecule has 0 spiro atoms. The van der Waals surface area contributed by atoms with E-state index >= 15 is 0 Å². The van der Waals surface area contributed by atoms with E-state index in [1.54, 1.807) is 27.2 Å². The molecule has 7 nitrogen and oxygen atoms in total. The van der Waals surface area contributed by atoms with E-state index < -0.39 is 0 Å². The fourth-order valence-corrected chi connectivity index (χ4v) is 2.33. The van der Waals surface area contributed by atoms with Crippen molar-refractivity contribution in [3.63, 3.8) is 0 Å². The average Bonchev–Trinajstić information content (AvgIpc) is 2.98. The van der Waals surface area contributed by atoms with E-state index in [9.17, 15) is 4.79 Å². The Morgan fingerprint density at radius 1 is 1.25 bits per heavy atom. The molecule has 0 saturated carbocycles. The summed E-state index contributed by atoms with van der Waals surface area (Å²) in [5, 5.41) is 6.48. The Morgan fingerprint density at radius 3 is 2.58 bits per heavy atom. The van der Waals surface area contributed by atoms with Gasteiger partial charge in [-0.15, -0.1) is 0 Å². The number of aromatic nitrogens is 1. The van der Waals surface area contributed by atoms with Crippen LogP contribution in [-0.2, 0) is 11.3 Å². The summed E-state index contributed by atoms with van der Waals surface area (Å²) in [4.78, 5) is 14.1. The molecule has 0 aliphatic heterocycles. The minimum atomic E-state index is -0.134. The fraction of sp³-hybridized carbons (Fsp3) is 0.412. The lowest BCUT2D eigenvalue weighted by Crippen LogP contribution is -2.32. The first-order chi connectivity index (χ1) is 11.5. The maximum atomic E-state index is 12.1. The van der Waals surface area contributed by atoms with Crippen LogP contribution in [0.4, 0.5) is 5.82 Å². The summed E-state index contributed by atoms with van der Waals surface area (Å²) in [6.45, 7) is 5.41. The van der Waals surface area contributed by atoms with E-state index in [-0.39, 0.29) is 12.5 Å². The maximum Gasteiger partial charge on any atom is 0.239 e. The van der Waals surface area contributed by atoms with Crippen molar-refractivity contribution in [1.82, 2.24) is 10.1 Å². The van der Waals surface area contributed by atoms with Crippen molar-refractivity contribution in [3.05, 3.63) is 35.6 Å². The Labute approximate surface area is 141 Å². The molecule has 0 bridgehead atoms. The van der Waals surface area contributed by atoms with Gasteiger partial charge in [0.2, 0.25) is 5.91 Å². The van der Waals surface area contributed by atoms with Gasteiger partial charge >= 0.3 is 0 Å². The number of anilines is 1. The number of aryl methyl sites for hydroxylation is 1. The van der Waals surface area contributed by atoms with Gasteiger partial charge in [0.05, 0.1) is 20.8 Å². The molecule has 2 aromatic rings. The Bertz CT molecular complexity index is 684. The Morgan fingerprint density at radius 2 is 2.00 bits per heavy atom. The second kappa shape index (κ2) is 8.35. The second-order valence-electron chi connectivity index (χ2n) is 5.36. The van der Waals surface area contributed by atoms with Gasteiger partial charge in [-0.05, 0) is 31.2 Å². The zero-order valence-electron chi connectivity index (χ0n) is 14.5. The van der Waals surface area contributed by atoms with Crippen LogP contribution in [0.15, 0.2) is 28.8 Å². The number of likely N-dealkylation sites (N-methyl/N-ethyl adjacent to an activating group) is 1. The van der Waals surface area contributed by atoms with Crippen molar-refractivity contribution in [1.29, 1.82) is 0 Å². The van der Waals surface area contributed by atoms with Crippen LogP contribution in [0.3, 0.4) is 0 Å². The molecule has 0 aliphatic carbocycles. The Kier molecular flexibility index (Phi) is 6.20. The summed E-state index contributed by atoms with van der Waals surface area (Å²) in [6.07, 6.45) is 0. The summed E-state index contributed by atoms with van der Waals surface area (Å²) in [5.74, 6) is 2.31. The highest BCUT2D eigenvalue weighted by Gasteiger charge is 2.13. The van der Waals surface area contributed by atoms with Crippen molar-refractivity contribution in [2.75, 3.05) is 32.6 Å². The molecule has 0 fully saturated rings. The molecular formula is C17H23N3O4. The van der Waals surface area contributed by atoms with Crippen LogP contribution < -0.4 is 14.8 Å². The zero-order valence-corrected chi connectivity index (χ0v) is 14.5. The summed E-state index contributed by atoms with van der Waals surface area (Å²) in [6, 6.07) is 7.42. The number of rotatable bonds is 8. The predicted molar refractivity (Wildman–Crippen MR) is 90.4 cm³/mol. The lowest BCUT2D eigenvalue weighted by molar-refractivity contribution is -0.117. The van der Waals surface area contributed by atoms with Gasteiger partial charge in [0.25, 0.3) is 0 Å². The standard InChI is InChI=1S/C17H23N3O4/c1-5-20(11-17(21)18-16-8-12(2)24-19-16)10-13-6-7-14(22-3)15(9-13)23-4/h6-9H,5,10-11H2,1-4H3,(H,18,19,21). The highest BCUT2D eigenvalue weighted by atomic mass is 16.5. The van der Waals surface area contributed by atoms with E-state index in [0.717, 1.165) is 12.1 Å². The smallest absolute Gasteiger partial charge is 0.239 e. The molecule has 1 amide bonds. The molecule has 2 rings (SSSR count). The molecule has 0 saturated heterocycles. The third-order valence-electron chi connectivity index (χ3n) is 3.56. The van der Waals surface area contributed by atoms with Gasteiger partial charge < -0.3 is 19.3 Å². The second-order valence-corrected chi connectivity index (χ2v) is 5.36. The number of hydrogen-bond acceptors (Lipinski definition) is 6. The summed E-state index contributed by atoms with van der Waals surface area (Å²) >= 11 is 0. The number of ether oxygens (including phenoxy) is 2. The van der Waals surface area contributed by atoms with Crippen molar-refractivity contribution in [2.45, 2.75) is 20.4 Å². The lowest BCUT2D eigenvalue weighted by Gasteiger charge is -2.20. The quantitative estimate of drug-likeness (QED) is 0.800. The lowest BCUT2D eigenvalue weighted by atomic mass is 10.2. The Balaban J connectivity index is 1.97. The number of amides is 1. The number of hydrogen-bond donors (Lipinski definition) is 1. The predicted octanol–water partition coefficient (Wildman–Crippen LogP) is 2.46. The summed E-state index contributed by atoms with van der Waals surface area (Å²) in [7, 11) is 3.21. The van der Waals surface area contributed by atoms with E-state index in [4.69, 9.17) is 14.0 Å². The highest BCUT2D eigenvalue weighted by molar-refractivity contribution is 5.91. The minimum absolute atomic E-state index is 0.134. The van der Waals surface area contributed by atoms with Crippen LogP contribution in [0.1, 0.15) is 18.2 Å². The van der Waals surface area contributed by atoms with Crippen LogP contribution in [0, 0.1) is 6.92 Å². The molecule has 0 aliphatic rings. The van der Waals surface area contributed by atoms with Crippen molar-refractivity contribution in [2.24, 2.45) is 0 Å². The van der Waals surface area contributed by atoms with Crippen LogP contribution in [-0.4, -0.2) is 43.3 Å². The van der Waals surface area contributed by atoms with Gasteiger partial charge in [0, 0.05) is 12.6 Å². The molecule has 0 unspecified atom stereocenters. The highest BCUT2D eigenvalue weighted by Crippen LogP contribution is 2.28. The third kappa shape index (κ3) is 4.73. The van der Waals surface area contributed by atoms with E-state index in [0.29, 0.717) is 29.6 Å². The van der Waals surface area contributed by atoms with Gasteiger partial charge in [-0.3, -0.25) is 9.69 Å². The largest absolute Gasteiger partial charge is 0.493 e. The number of nitrogens with zero attached hydrogens (tertiary/aromatic N) is 2. The molecule has 130 valence electrons. The van der Waals surface area contributed by atoms with E-state index in [1.807, 2.05) is 30.0 Å². The van der Waals surface area contributed by atoms with Crippen LogP contribution in [0.2, 0.25) is 0 Å². The molecule has 0 radical (unpaired) electrons. The van der Waals surface area contributed by atoms with Gasteiger partial charge in [0.15, 0.2) is 17.3 Å². The van der Waals surface area contributed by atoms with Crippen molar-refractivity contribution < 1.29 is 18.8 Å². The molecule has 24 heavy (non-hydrogen) atoms. The van der Waals surface area contributed by atoms with E-state index in [2.05, 4.69) is 10.5 Å². The van der Waals surface area contributed by atoms with Crippen molar-refractivity contribution >= 4 is 11.7 Å². The molecule has 1 heterocycles. The summed E-state index contributed by atoms with van der Waals surface area (Å²) < 4.78 is 15.5. The number of benzene rings is 1. The molecule has 1 N–H and O–H groups in total. The fourth-order valence-electron chi connectivity index (χ4n) is 2.33. The molecular weight excluding hydrogens is 310 g/mol. The first-order valence-electron chi connectivity index (χ1n) is 7.72. The van der Waals surface area contributed by atoms with Gasteiger partial charge in [-0.1, -0.05) is 18.1 Å². The van der Waals surface area contributed by atoms with Gasteiger partial charge in [-0.2, -0.15) is 0 Å². The van der Waals surface area contributed by atoms with Crippen LogP contribution >= 0.6 is 0 Å². The molecule has 1 aromatic carbocycles. The Hall–Kier alpha value is -2.54. The molecule has 1 aromatic heterocycles. The topological polar surface area (TPSA) is 76.8 Å². The maximum absolute atomic E-state index is 12.1. The summed E-state index contributed by atoms with van der Waals surface area (Å²) in [5.41, 5.74) is 1.04. The van der Waals surface area contributed by atoms with Crippen LogP contribution in [0.25, 0.3) is 0 Å². The number of methoxy groups -OCH3 is 2.